The van der Waals surface area contributed by atoms with Gasteiger partial charge in [0.2, 0.25) is 0 Å². The van der Waals surface area contributed by atoms with Gasteiger partial charge in [0.05, 0.1) is 12.3 Å². The van der Waals surface area contributed by atoms with Crippen LogP contribution in [0.3, 0.4) is 0 Å². The molecule has 0 saturated carbocycles. The highest BCUT2D eigenvalue weighted by Crippen LogP contribution is 2.31. The average Bonchev–Trinajstić information content (AvgIpc) is 2.61. The first-order chi connectivity index (χ1) is 12.1. The molecule has 0 radical (unpaired) electrons. The van der Waals surface area contributed by atoms with Crippen LogP contribution in [-0.2, 0) is 9.59 Å². The van der Waals surface area contributed by atoms with Crippen LogP contribution in [0.4, 0.5) is 5.69 Å². The molecule has 2 aromatic carbocycles. The third-order valence-corrected chi connectivity index (χ3v) is 3.31. The van der Waals surface area contributed by atoms with Gasteiger partial charge in [0.1, 0.15) is 23.0 Å². The number of carbonyl (C=O) groups is 2. The van der Waals surface area contributed by atoms with E-state index in [1.807, 2.05) is 6.92 Å². The summed E-state index contributed by atoms with van der Waals surface area (Å²) < 4.78 is 21.2. The summed E-state index contributed by atoms with van der Waals surface area (Å²) in [6.45, 7) is 2.22. The van der Waals surface area contributed by atoms with Gasteiger partial charge < -0.3 is 24.3 Å². The Kier molecular flexibility index (Phi) is 5.03. The van der Waals surface area contributed by atoms with Gasteiger partial charge in [-0.15, -0.1) is 0 Å². The zero-order valence-electron chi connectivity index (χ0n) is 13.6. The third-order valence-electron chi connectivity index (χ3n) is 3.31. The number of ether oxygens (including phenoxy) is 4. The van der Waals surface area contributed by atoms with E-state index in [2.05, 4.69) is 5.32 Å². The summed E-state index contributed by atoms with van der Waals surface area (Å²) in [5, 5.41) is 2.65. The van der Waals surface area contributed by atoms with Crippen molar-refractivity contribution in [2.75, 3.05) is 25.1 Å². The summed E-state index contributed by atoms with van der Waals surface area (Å²) in [6.07, 6.45) is 0. The Hall–Kier alpha value is -3.22. The molecule has 0 aromatic heterocycles. The Balaban J connectivity index is 1.54. The summed E-state index contributed by atoms with van der Waals surface area (Å²) in [4.78, 5) is 23.2. The highest BCUT2D eigenvalue weighted by atomic mass is 16.6. The normalized spacial score (nSPS) is 12.4. The second kappa shape index (κ2) is 7.57. The van der Waals surface area contributed by atoms with E-state index in [-0.39, 0.29) is 19.1 Å². The van der Waals surface area contributed by atoms with Gasteiger partial charge in [-0.25, -0.2) is 4.79 Å². The molecule has 130 valence electrons. The van der Waals surface area contributed by atoms with Gasteiger partial charge in [-0.05, 0) is 43.3 Å². The Morgan fingerprint density at radius 2 is 1.76 bits per heavy atom. The molecule has 1 N–H and O–H groups in total. The molecule has 0 unspecified atom stereocenters. The first-order valence-corrected chi connectivity index (χ1v) is 7.77. The highest BCUT2D eigenvalue weighted by molar-refractivity contribution is 5.95. The van der Waals surface area contributed by atoms with Crippen molar-refractivity contribution in [1.82, 2.24) is 0 Å². The fourth-order valence-electron chi connectivity index (χ4n) is 2.23. The van der Waals surface area contributed by atoms with Gasteiger partial charge in [0.15, 0.2) is 13.2 Å². The van der Waals surface area contributed by atoms with Crippen LogP contribution >= 0.6 is 0 Å². The summed E-state index contributed by atoms with van der Waals surface area (Å²) in [7, 11) is 0. The second-order valence-corrected chi connectivity index (χ2v) is 5.16. The van der Waals surface area contributed by atoms with Crippen LogP contribution in [0, 0.1) is 0 Å². The van der Waals surface area contributed by atoms with Crippen LogP contribution in [0.25, 0.3) is 0 Å². The fourth-order valence-corrected chi connectivity index (χ4v) is 2.23. The van der Waals surface area contributed by atoms with Crippen LogP contribution in [0.5, 0.6) is 23.0 Å². The zero-order chi connectivity index (χ0) is 17.6. The maximum absolute atomic E-state index is 11.9. The fraction of sp³-hybridized carbons (Fsp3) is 0.222. The van der Waals surface area contributed by atoms with E-state index in [0.29, 0.717) is 29.5 Å². The molecule has 1 heterocycles. The van der Waals surface area contributed by atoms with Gasteiger partial charge in [0.25, 0.3) is 5.91 Å². The molecule has 0 saturated heterocycles. The zero-order valence-corrected chi connectivity index (χ0v) is 13.6. The van der Waals surface area contributed by atoms with Gasteiger partial charge in [-0.3, -0.25) is 4.79 Å². The molecule has 3 rings (SSSR count). The van der Waals surface area contributed by atoms with E-state index in [1.165, 1.54) is 6.07 Å². The summed E-state index contributed by atoms with van der Waals surface area (Å²) in [5.74, 6) is 1.28. The van der Waals surface area contributed by atoms with Gasteiger partial charge in [-0.1, -0.05) is 0 Å². The Morgan fingerprint density at radius 1 is 1.08 bits per heavy atom. The van der Waals surface area contributed by atoms with Crippen LogP contribution < -0.4 is 24.3 Å². The lowest BCUT2D eigenvalue weighted by Gasteiger charge is -2.18. The number of nitrogens with one attached hydrogen (secondary N) is 1. The number of esters is 1. The lowest BCUT2D eigenvalue weighted by Crippen LogP contribution is -2.25. The van der Waals surface area contributed by atoms with Crippen LogP contribution in [0.2, 0.25) is 0 Å². The number of carbonyl (C=O) groups excluding carboxylic acids is 2. The number of benzene rings is 2. The van der Waals surface area contributed by atoms with Gasteiger partial charge in [0, 0.05) is 6.07 Å². The first kappa shape index (κ1) is 16.6. The minimum Gasteiger partial charge on any atom is -0.494 e. The smallest absolute Gasteiger partial charge is 0.349 e. The molecule has 0 bridgehead atoms. The average molecular weight is 343 g/mol. The number of amides is 1. The van der Waals surface area contributed by atoms with Crippen molar-refractivity contribution in [2.45, 2.75) is 6.92 Å². The molecule has 7 heteroatoms. The minimum atomic E-state index is -0.558. The first-order valence-electron chi connectivity index (χ1n) is 7.77. The molecular weight excluding hydrogens is 326 g/mol. The Morgan fingerprint density at radius 3 is 2.48 bits per heavy atom. The quantitative estimate of drug-likeness (QED) is 0.641. The minimum absolute atomic E-state index is 0.0257. The lowest BCUT2D eigenvalue weighted by atomic mass is 10.2. The summed E-state index contributed by atoms with van der Waals surface area (Å²) in [5.41, 5.74) is 0.467. The monoisotopic (exact) mass is 343 g/mol. The molecular formula is C18H17NO6. The molecule has 0 fully saturated rings. The maximum Gasteiger partial charge on any atom is 0.349 e. The number of hydrogen-bond donors (Lipinski definition) is 1. The molecule has 0 aliphatic carbocycles. The van der Waals surface area contributed by atoms with Crippen LogP contribution in [0.15, 0.2) is 42.5 Å². The van der Waals surface area contributed by atoms with E-state index in [9.17, 15) is 9.59 Å². The maximum atomic E-state index is 11.9. The van der Waals surface area contributed by atoms with Crippen molar-refractivity contribution < 1.29 is 28.5 Å². The lowest BCUT2D eigenvalue weighted by molar-refractivity contribution is -0.136. The molecule has 0 spiro atoms. The largest absolute Gasteiger partial charge is 0.494 e. The highest BCUT2D eigenvalue weighted by Gasteiger charge is 2.17. The SMILES string of the molecule is CCOc1ccc(OCC(=O)Oc2ccc3c(c2)NC(=O)CO3)cc1. The topological polar surface area (TPSA) is 83.1 Å². The van der Waals surface area contributed by atoms with Crippen molar-refractivity contribution >= 4 is 17.6 Å². The molecule has 2 aromatic rings. The van der Waals surface area contributed by atoms with E-state index in [1.54, 1.807) is 36.4 Å². The van der Waals surface area contributed by atoms with Crippen molar-refractivity contribution in [3.63, 3.8) is 0 Å². The van der Waals surface area contributed by atoms with E-state index >= 15 is 0 Å². The Bertz CT molecular complexity index is 772. The van der Waals surface area contributed by atoms with E-state index < -0.39 is 5.97 Å². The Labute approximate surface area is 144 Å². The molecule has 25 heavy (non-hydrogen) atoms. The van der Waals surface area contributed by atoms with Crippen LogP contribution in [0.1, 0.15) is 6.92 Å². The van der Waals surface area contributed by atoms with Crippen molar-refractivity contribution in [1.29, 1.82) is 0 Å². The summed E-state index contributed by atoms with van der Waals surface area (Å²) >= 11 is 0. The summed E-state index contributed by atoms with van der Waals surface area (Å²) in [6, 6.07) is 11.7. The van der Waals surface area contributed by atoms with Crippen LogP contribution in [-0.4, -0.2) is 31.7 Å². The number of anilines is 1. The second-order valence-electron chi connectivity index (χ2n) is 5.16. The van der Waals surface area contributed by atoms with Gasteiger partial charge in [-0.2, -0.15) is 0 Å². The number of hydrogen-bond acceptors (Lipinski definition) is 6. The van der Waals surface area contributed by atoms with Crippen molar-refractivity contribution in [2.24, 2.45) is 0 Å². The van der Waals surface area contributed by atoms with E-state index in [4.69, 9.17) is 18.9 Å². The molecule has 7 nitrogen and oxygen atoms in total. The molecule has 1 aliphatic rings. The van der Waals surface area contributed by atoms with Gasteiger partial charge >= 0.3 is 5.97 Å². The predicted octanol–water partition coefficient (Wildman–Crippen LogP) is 2.40. The molecule has 0 atom stereocenters. The number of rotatable bonds is 6. The molecule has 1 aliphatic heterocycles. The van der Waals surface area contributed by atoms with Crippen molar-refractivity contribution in [3.8, 4) is 23.0 Å². The predicted molar refractivity (Wildman–Crippen MR) is 89.3 cm³/mol. The standard InChI is InChI=1S/C18H17NO6/c1-2-22-12-3-5-13(6-4-12)23-11-18(21)25-14-7-8-16-15(9-14)19-17(20)10-24-16/h3-9H,2,10-11H2,1H3,(H,19,20). The van der Waals surface area contributed by atoms with E-state index in [0.717, 1.165) is 5.75 Å². The molecule has 1 amide bonds. The van der Waals surface area contributed by atoms with Crippen molar-refractivity contribution in [3.05, 3.63) is 42.5 Å². The number of fused-ring (bicyclic) bond motifs is 1. The third kappa shape index (κ3) is 4.41.